The summed E-state index contributed by atoms with van der Waals surface area (Å²) in [4.78, 5) is 26.3. The number of hydrogen-bond donors (Lipinski definition) is 2. The maximum atomic E-state index is 12.2. The number of H-pyrrole nitrogens is 1. The molecule has 1 aromatic heterocycles. The van der Waals surface area contributed by atoms with Crippen LogP contribution in [-0.4, -0.2) is 31.1 Å². The number of methoxy groups -OCH3 is 2. The van der Waals surface area contributed by atoms with Gasteiger partial charge in [-0.2, -0.15) is 5.26 Å². The fourth-order valence-corrected chi connectivity index (χ4v) is 1.93. The van der Waals surface area contributed by atoms with Crippen LogP contribution >= 0.6 is 0 Å². The van der Waals surface area contributed by atoms with Gasteiger partial charge in [0.2, 0.25) is 0 Å². The highest BCUT2D eigenvalue weighted by molar-refractivity contribution is 6.09. The normalized spacial score (nSPS) is 10.6. The minimum absolute atomic E-state index is 0.115. The summed E-state index contributed by atoms with van der Waals surface area (Å²) in [5, 5.41) is 11.8. The molecule has 2 rings (SSSR count). The third-order valence-electron chi connectivity index (χ3n) is 3.11. The number of nitrogens with one attached hydrogen (secondary N) is 2. The van der Waals surface area contributed by atoms with Gasteiger partial charge in [0.05, 0.1) is 14.2 Å². The van der Waals surface area contributed by atoms with Crippen molar-refractivity contribution in [3.63, 3.8) is 0 Å². The van der Waals surface area contributed by atoms with Crippen LogP contribution in [0.2, 0.25) is 0 Å². The number of nitrogens with zero attached hydrogens (tertiary/aromatic N) is 1. The maximum Gasteiger partial charge on any atom is 0.354 e. The molecule has 0 saturated carbocycles. The summed E-state index contributed by atoms with van der Waals surface area (Å²) in [6, 6.07) is 11.7. The molecular formula is C17H15N3O4. The summed E-state index contributed by atoms with van der Waals surface area (Å²) >= 11 is 0. The molecule has 0 spiro atoms. The Bertz CT molecular complexity index is 830. The molecule has 1 amide bonds. The van der Waals surface area contributed by atoms with Gasteiger partial charge in [-0.25, -0.2) is 4.79 Å². The number of amides is 1. The van der Waals surface area contributed by atoms with Gasteiger partial charge in [0.25, 0.3) is 5.91 Å². The Hall–Kier alpha value is -3.53. The molecule has 7 nitrogen and oxygen atoms in total. The highest BCUT2D eigenvalue weighted by Crippen LogP contribution is 2.18. The Morgan fingerprint density at radius 1 is 1.25 bits per heavy atom. The van der Waals surface area contributed by atoms with Gasteiger partial charge in [-0.3, -0.25) is 4.79 Å². The number of benzene rings is 1. The molecule has 0 aliphatic carbocycles. The monoisotopic (exact) mass is 325 g/mol. The number of anilines is 1. The van der Waals surface area contributed by atoms with Crippen LogP contribution in [0.3, 0.4) is 0 Å². The Kier molecular flexibility index (Phi) is 5.36. The minimum atomic E-state index is -0.569. The smallest absolute Gasteiger partial charge is 0.354 e. The average molecular weight is 325 g/mol. The van der Waals surface area contributed by atoms with Crippen molar-refractivity contribution in [2.45, 2.75) is 0 Å². The van der Waals surface area contributed by atoms with Crippen molar-refractivity contribution in [2.24, 2.45) is 0 Å². The molecular weight excluding hydrogens is 310 g/mol. The molecule has 1 heterocycles. The second kappa shape index (κ2) is 7.65. The lowest BCUT2D eigenvalue weighted by atomic mass is 10.2. The van der Waals surface area contributed by atoms with Gasteiger partial charge in [-0.05, 0) is 30.3 Å². The number of nitriles is 1. The number of aromatic amines is 1. The van der Waals surface area contributed by atoms with E-state index in [0.29, 0.717) is 17.1 Å². The van der Waals surface area contributed by atoms with Gasteiger partial charge in [0.1, 0.15) is 23.1 Å². The predicted molar refractivity (Wildman–Crippen MR) is 87.3 cm³/mol. The molecule has 0 fully saturated rings. The highest BCUT2D eigenvalue weighted by Gasteiger charge is 2.12. The van der Waals surface area contributed by atoms with E-state index in [-0.39, 0.29) is 11.3 Å². The number of carbonyl (C=O) groups excluding carboxylic acids is 2. The fraction of sp³-hybridized carbons (Fsp3) is 0.118. The molecule has 7 heteroatoms. The minimum Gasteiger partial charge on any atom is -0.497 e. The summed E-state index contributed by atoms with van der Waals surface area (Å²) in [5.74, 6) is -0.517. The van der Waals surface area contributed by atoms with Crippen molar-refractivity contribution in [1.82, 2.24) is 4.98 Å². The Morgan fingerprint density at radius 3 is 2.71 bits per heavy atom. The molecule has 0 aliphatic rings. The first-order valence-corrected chi connectivity index (χ1v) is 6.92. The van der Waals surface area contributed by atoms with Crippen LogP contribution in [0.5, 0.6) is 5.75 Å². The van der Waals surface area contributed by atoms with Gasteiger partial charge in [0.15, 0.2) is 0 Å². The predicted octanol–water partition coefficient (Wildman–Crippen LogP) is 2.36. The van der Waals surface area contributed by atoms with E-state index in [0.717, 1.165) is 0 Å². The third-order valence-corrected chi connectivity index (χ3v) is 3.11. The Morgan fingerprint density at radius 2 is 2.04 bits per heavy atom. The van der Waals surface area contributed by atoms with Crippen molar-refractivity contribution in [3.05, 3.63) is 53.4 Å². The average Bonchev–Trinajstić information content (AvgIpc) is 3.07. The number of hydrogen-bond acceptors (Lipinski definition) is 5. The van der Waals surface area contributed by atoms with Crippen LogP contribution in [-0.2, 0) is 9.53 Å². The van der Waals surface area contributed by atoms with E-state index in [2.05, 4.69) is 15.0 Å². The van der Waals surface area contributed by atoms with Crippen LogP contribution in [0.4, 0.5) is 5.69 Å². The number of aromatic nitrogens is 1. The molecule has 122 valence electrons. The number of esters is 1. The van der Waals surface area contributed by atoms with Crippen molar-refractivity contribution in [2.75, 3.05) is 19.5 Å². The van der Waals surface area contributed by atoms with Crippen LogP contribution in [0, 0.1) is 11.3 Å². The van der Waals surface area contributed by atoms with Gasteiger partial charge < -0.3 is 19.8 Å². The quantitative estimate of drug-likeness (QED) is 0.499. The summed E-state index contributed by atoms with van der Waals surface area (Å²) in [6.07, 6.45) is 1.35. The molecule has 0 unspecified atom stereocenters. The standard InChI is InChI=1S/C17H15N3O4/c1-23-14-5-3-4-12(9-14)20-16(21)11(10-18)8-13-6-7-15(19-13)17(22)24-2/h3-9,19H,1-2H3,(H,20,21). The van der Waals surface area contributed by atoms with E-state index >= 15 is 0 Å². The van der Waals surface area contributed by atoms with E-state index in [9.17, 15) is 14.9 Å². The van der Waals surface area contributed by atoms with Crippen molar-refractivity contribution in [3.8, 4) is 11.8 Å². The molecule has 1 aromatic carbocycles. The molecule has 0 aliphatic heterocycles. The van der Waals surface area contributed by atoms with Gasteiger partial charge >= 0.3 is 5.97 Å². The topological polar surface area (TPSA) is 104 Å². The summed E-state index contributed by atoms with van der Waals surface area (Å²) < 4.78 is 9.66. The first-order valence-electron chi connectivity index (χ1n) is 6.92. The van der Waals surface area contributed by atoms with E-state index in [1.807, 2.05) is 6.07 Å². The number of carbonyl (C=O) groups is 2. The van der Waals surface area contributed by atoms with Gasteiger partial charge in [-0.1, -0.05) is 6.07 Å². The van der Waals surface area contributed by atoms with E-state index in [1.54, 1.807) is 30.3 Å². The molecule has 2 N–H and O–H groups in total. The third kappa shape index (κ3) is 4.01. The van der Waals surface area contributed by atoms with Gasteiger partial charge in [-0.15, -0.1) is 0 Å². The van der Waals surface area contributed by atoms with Crippen molar-refractivity contribution >= 4 is 23.6 Å². The SMILES string of the molecule is COC(=O)c1ccc(C=C(C#N)C(=O)Nc2cccc(OC)c2)[nH]1. The first kappa shape index (κ1) is 16.8. The second-order valence-corrected chi connectivity index (χ2v) is 4.67. The van der Waals surface area contributed by atoms with Crippen LogP contribution in [0.15, 0.2) is 42.0 Å². The van der Waals surface area contributed by atoms with Crippen molar-refractivity contribution in [1.29, 1.82) is 5.26 Å². The zero-order chi connectivity index (χ0) is 17.5. The maximum absolute atomic E-state index is 12.2. The second-order valence-electron chi connectivity index (χ2n) is 4.67. The lowest BCUT2D eigenvalue weighted by molar-refractivity contribution is -0.112. The summed E-state index contributed by atoms with van der Waals surface area (Å²) in [7, 11) is 2.78. The van der Waals surface area contributed by atoms with E-state index in [1.165, 1.54) is 26.4 Å². The van der Waals surface area contributed by atoms with Crippen LogP contribution in [0.25, 0.3) is 6.08 Å². The van der Waals surface area contributed by atoms with E-state index in [4.69, 9.17) is 4.74 Å². The molecule has 0 atom stereocenters. The molecule has 0 bridgehead atoms. The zero-order valence-corrected chi connectivity index (χ0v) is 13.1. The summed E-state index contributed by atoms with van der Waals surface area (Å²) in [5.41, 5.74) is 1.06. The lowest BCUT2D eigenvalue weighted by Crippen LogP contribution is -2.13. The fourth-order valence-electron chi connectivity index (χ4n) is 1.93. The molecule has 24 heavy (non-hydrogen) atoms. The van der Waals surface area contributed by atoms with Crippen molar-refractivity contribution < 1.29 is 19.1 Å². The first-order chi connectivity index (χ1) is 11.6. The molecule has 0 saturated heterocycles. The van der Waals surface area contributed by atoms with E-state index < -0.39 is 11.9 Å². The Labute approximate surface area is 138 Å². The largest absolute Gasteiger partial charge is 0.497 e. The zero-order valence-electron chi connectivity index (χ0n) is 13.1. The molecule has 2 aromatic rings. The number of rotatable bonds is 5. The lowest BCUT2D eigenvalue weighted by Gasteiger charge is -2.06. The van der Waals surface area contributed by atoms with Gasteiger partial charge in [0, 0.05) is 17.4 Å². The van der Waals surface area contributed by atoms with Crippen LogP contribution in [0.1, 0.15) is 16.2 Å². The Balaban J connectivity index is 2.17. The molecule has 0 radical (unpaired) electrons. The summed E-state index contributed by atoms with van der Waals surface area (Å²) in [6.45, 7) is 0. The highest BCUT2D eigenvalue weighted by atomic mass is 16.5. The van der Waals surface area contributed by atoms with Crippen LogP contribution < -0.4 is 10.1 Å². The number of ether oxygens (including phenoxy) is 2.